The lowest BCUT2D eigenvalue weighted by atomic mass is 10.1. The number of aromatic hydroxyl groups is 1. The highest BCUT2D eigenvalue weighted by molar-refractivity contribution is 5.96. The summed E-state index contributed by atoms with van der Waals surface area (Å²) in [5, 5.41) is 17.9. The number of carbonyl (C=O) groups excluding carboxylic acids is 2. The zero-order valence-corrected chi connectivity index (χ0v) is 16.8. The third-order valence-electron chi connectivity index (χ3n) is 4.86. The molecule has 0 spiro atoms. The first-order valence-electron chi connectivity index (χ1n) is 9.34. The lowest BCUT2D eigenvalue weighted by Crippen LogP contribution is -2.22. The van der Waals surface area contributed by atoms with Crippen molar-refractivity contribution in [2.75, 3.05) is 7.11 Å². The smallest absolute Gasteiger partial charge is 0.407 e. The fraction of sp³-hybridized carbons (Fsp3) is 0.143. The fourth-order valence-corrected chi connectivity index (χ4v) is 3.27. The number of aryl methyl sites for hydroxylation is 1. The zero-order chi connectivity index (χ0) is 22.1. The van der Waals surface area contributed by atoms with Crippen LogP contribution in [0.5, 0.6) is 5.75 Å². The Morgan fingerprint density at radius 3 is 2.65 bits per heavy atom. The highest BCUT2D eigenvalue weighted by Gasteiger charge is 2.21. The van der Waals surface area contributed by atoms with Gasteiger partial charge in [-0.15, -0.1) is 0 Å². The Hall–Kier alpha value is -4.34. The van der Waals surface area contributed by atoms with Crippen LogP contribution in [0.15, 0.2) is 42.5 Å². The van der Waals surface area contributed by atoms with E-state index in [4.69, 9.17) is 5.73 Å². The summed E-state index contributed by atoms with van der Waals surface area (Å²) in [5.41, 5.74) is 9.31. The Kier molecular flexibility index (Phi) is 5.04. The Morgan fingerprint density at radius 2 is 1.97 bits per heavy atom. The van der Waals surface area contributed by atoms with Crippen molar-refractivity contribution in [2.24, 2.45) is 12.8 Å². The summed E-state index contributed by atoms with van der Waals surface area (Å²) < 4.78 is 6.08. The van der Waals surface area contributed by atoms with Crippen molar-refractivity contribution < 1.29 is 19.4 Å². The topological polar surface area (TPSA) is 148 Å². The van der Waals surface area contributed by atoms with Crippen LogP contribution in [0.2, 0.25) is 0 Å². The number of amides is 2. The number of benzene rings is 2. The number of hydrogen-bond acceptors (Lipinski definition) is 6. The molecule has 0 aliphatic carbocycles. The van der Waals surface area contributed by atoms with Gasteiger partial charge in [0.25, 0.3) is 0 Å². The molecule has 2 aromatic heterocycles. The maximum atomic E-state index is 11.4. The number of rotatable bonds is 5. The van der Waals surface area contributed by atoms with E-state index in [0.29, 0.717) is 45.9 Å². The number of nitrogens with one attached hydrogen (secondary N) is 2. The molecule has 0 atom stereocenters. The van der Waals surface area contributed by atoms with Crippen LogP contribution in [0, 0.1) is 0 Å². The van der Waals surface area contributed by atoms with E-state index in [0.717, 1.165) is 5.56 Å². The van der Waals surface area contributed by atoms with E-state index in [9.17, 15) is 14.7 Å². The van der Waals surface area contributed by atoms with Gasteiger partial charge in [0.1, 0.15) is 11.4 Å². The van der Waals surface area contributed by atoms with Crippen LogP contribution in [0.1, 0.15) is 15.9 Å². The zero-order valence-electron chi connectivity index (χ0n) is 16.8. The summed E-state index contributed by atoms with van der Waals surface area (Å²) in [7, 11) is 3.01. The number of fused-ring (bicyclic) bond motifs is 1. The first-order valence-corrected chi connectivity index (χ1v) is 9.34. The average molecular weight is 420 g/mol. The standard InChI is InChI=1S/C21H20N6O4/c1-27-17(20-24-14-8-7-13(19(22)29)9-15(14)25-20)18(28)16(26-27)12-5-3-11(4-6-12)10-23-21(30)31-2/h3-9,28H,10H2,1-2H3,(H2,22,29)(H,23,30)(H,24,25). The van der Waals surface area contributed by atoms with Gasteiger partial charge in [0.15, 0.2) is 11.6 Å². The number of H-pyrrole nitrogens is 1. The van der Waals surface area contributed by atoms with Crippen molar-refractivity contribution in [3.05, 3.63) is 53.6 Å². The van der Waals surface area contributed by atoms with Gasteiger partial charge in [0, 0.05) is 24.7 Å². The number of aromatic nitrogens is 4. The van der Waals surface area contributed by atoms with Gasteiger partial charge in [-0.2, -0.15) is 5.10 Å². The van der Waals surface area contributed by atoms with Gasteiger partial charge in [-0.3, -0.25) is 9.48 Å². The van der Waals surface area contributed by atoms with Crippen molar-refractivity contribution >= 4 is 23.0 Å². The van der Waals surface area contributed by atoms with Crippen molar-refractivity contribution in [1.82, 2.24) is 25.1 Å². The Bertz CT molecular complexity index is 1290. The van der Waals surface area contributed by atoms with E-state index in [1.54, 1.807) is 37.4 Å². The van der Waals surface area contributed by atoms with Gasteiger partial charge < -0.3 is 25.9 Å². The van der Waals surface area contributed by atoms with Crippen molar-refractivity contribution in [3.8, 4) is 28.5 Å². The minimum absolute atomic E-state index is 0.0304. The van der Waals surface area contributed by atoms with Gasteiger partial charge in [0.2, 0.25) is 5.91 Å². The van der Waals surface area contributed by atoms with Gasteiger partial charge in [-0.25, -0.2) is 9.78 Å². The maximum absolute atomic E-state index is 11.4. The summed E-state index contributed by atoms with van der Waals surface area (Å²) >= 11 is 0. The van der Waals surface area contributed by atoms with Crippen LogP contribution in [-0.2, 0) is 18.3 Å². The predicted octanol–water partition coefficient (Wildman–Crippen LogP) is 2.29. The van der Waals surface area contributed by atoms with Crippen molar-refractivity contribution in [2.45, 2.75) is 6.54 Å². The number of nitrogens with two attached hydrogens (primary N) is 1. The number of imidazole rings is 1. The minimum atomic E-state index is -0.533. The van der Waals surface area contributed by atoms with Crippen LogP contribution >= 0.6 is 0 Å². The van der Waals surface area contributed by atoms with Crippen molar-refractivity contribution in [3.63, 3.8) is 0 Å². The minimum Gasteiger partial charge on any atom is -0.504 e. The molecule has 2 amide bonds. The molecule has 2 aromatic carbocycles. The molecule has 0 saturated heterocycles. The number of aromatic amines is 1. The lowest BCUT2D eigenvalue weighted by Gasteiger charge is -2.04. The molecule has 0 saturated carbocycles. The first kappa shape index (κ1) is 20.0. The second-order valence-corrected chi connectivity index (χ2v) is 6.89. The largest absolute Gasteiger partial charge is 0.504 e. The monoisotopic (exact) mass is 420 g/mol. The predicted molar refractivity (Wildman–Crippen MR) is 113 cm³/mol. The van der Waals surface area contributed by atoms with E-state index in [1.165, 1.54) is 11.8 Å². The SMILES string of the molecule is COC(=O)NCc1ccc(-c2nn(C)c(-c3nc4ccc(C(N)=O)cc4[nH]3)c2O)cc1. The molecule has 31 heavy (non-hydrogen) atoms. The highest BCUT2D eigenvalue weighted by atomic mass is 16.5. The van der Waals surface area contributed by atoms with E-state index in [2.05, 4.69) is 25.1 Å². The molecular weight excluding hydrogens is 400 g/mol. The fourth-order valence-electron chi connectivity index (χ4n) is 3.27. The third-order valence-corrected chi connectivity index (χ3v) is 4.86. The maximum Gasteiger partial charge on any atom is 0.407 e. The molecule has 0 aliphatic rings. The lowest BCUT2D eigenvalue weighted by molar-refractivity contribution is 0.100. The van der Waals surface area contributed by atoms with Crippen molar-refractivity contribution in [1.29, 1.82) is 0 Å². The van der Waals surface area contributed by atoms with E-state index in [-0.39, 0.29) is 5.75 Å². The Balaban J connectivity index is 1.65. The van der Waals surface area contributed by atoms with Gasteiger partial charge in [-0.1, -0.05) is 24.3 Å². The van der Waals surface area contributed by atoms with Gasteiger partial charge >= 0.3 is 6.09 Å². The summed E-state index contributed by atoms with van der Waals surface area (Å²) in [4.78, 5) is 30.2. The summed E-state index contributed by atoms with van der Waals surface area (Å²) in [5.74, 6) is -0.152. The molecule has 4 rings (SSSR count). The van der Waals surface area contributed by atoms with Gasteiger partial charge in [-0.05, 0) is 23.8 Å². The van der Waals surface area contributed by atoms with Crippen LogP contribution in [0.4, 0.5) is 4.79 Å². The first-order chi connectivity index (χ1) is 14.9. The number of nitrogens with zero attached hydrogens (tertiary/aromatic N) is 3. The average Bonchev–Trinajstić information content (AvgIpc) is 3.31. The highest BCUT2D eigenvalue weighted by Crippen LogP contribution is 2.37. The number of alkyl carbamates (subject to hydrolysis) is 1. The molecule has 0 aliphatic heterocycles. The van der Waals surface area contributed by atoms with Crippen LogP contribution < -0.4 is 11.1 Å². The number of primary amides is 1. The number of methoxy groups -OCH3 is 1. The second kappa shape index (κ2) is 7.82. The molecule has 0 bridgehead atoms. The van der Waals surface area contributed by atoms with Gasteiger partial charge in [0.05, 0.1) is 18.1 Å². The molecule has 5 N–H and O–H groups in total. The van der Waals surface area contributed by atoms with E-state index in [1.807, 2.05) is 12.1 Å². The molecule has 0 fully saturated rings. The number of ether oxygens (including phenoxy) is 1. The molecule has 4 aromatic rings. The molecule has 158 valence electrons. The van der Waals surface area contributed by atoms with Crippen LogP contribution in [0.25, 0.3) is 33.8 Å². The molecule has 10 nitrogen and oxygen atoms in total. The summed E-state index contributed by atoms with van der Waals surface area (Å²) in [6, 6.07) is 12.2. The van der Waals surface area contributed by atoms with Crippen LogP contribution in [0.3, 0.4) is 0 Å². The number of carbonyl (C=O) groups is 2. The Morgan fingerprint density at radius 1 is 1.23 bits per heavy atom. The van der Waals surface area contributed by atoms with Crippen LogP contribution in [-0.4, -0.2) is 44.0 Å². The number of hydrogen-bond donors (Lipinski definition) is 4. The normalized spacial score (nSPS) is 10.9. The van der Waals surface area contributed by atoms with E-state index < -0.39 is 12.0 Å². The quantitative estimate of drug-likeness (QED) is 0.389. The summed E-state index contributed by atoms with van der Waals surface area (Å²) in [6.07, 6.45) is -0.509. The van der Waals surface area contributed by atoms with E-state index >= 15 is 0 Å². The molecule has 0 radical (unpaired) electrons. The Labute approximate surface area is 176 Å². The molecule has 10 heteroatoms. The third kappa shape index (κ3) is 3.78. The molecular formula is C21H20N6O4. The molecule has 0 unspecified atom stereocenters. The molecule has 2 heterocycles. The summed E-state index contributed by atoms with van der Waals surface area (Å²) in [6.45, 7) is 0.318. The second-order valence-electron chi connectivity index (χ2n) is 6.89.